The Labute approximate surface area is 96.0 Å². The second-order valence-electron chi connectivity index (χ2n) is 4.14. The molecule has 94 valence electrons. The molecule has 1 rings (SSSR count). The standard InChI is InChI=1S/C11H21NO4/c13-6-8-16-7-5-12(9-11(14)15)10-3-1-2-4-10/h10,13H,1-9H2,(H,14,15). The van der Waals surface area contributed by atoms with E-state index < -0.39 is 5.97 Å². The van der Waals surface area contributed by atoms with Crippen LogP contribution in [0.2, 0.25) is 0 Å². The van der Waals surface area contributed by atoms with Gasteiger partial charge >= 0.3 is 5.97 Å². The van der Waals surface area contributed by atoms with Crippen LogP contribution in [0.3, 0.4) is 0 Å². The monoisotopic (exact) mass is 231 g/mol. The van der Waals surface area contributed by atoms with E-state index in [1.54, 1.807) is 0 Å². The Kier molecular flexibility index (Phi) is 6.37. The predicted octanol–water partition coefficient (Wildman–Crippen LogP) is 0.324. The second kappa shape index (κ2) is 7.60. The summed E-state index contributed by atoms with van der Waals surface area (Å²) in [4.78, 5) is 12.7. The van der Waals surface area contributed by atoms with Gasteiger partial charge in [-0.25, -0.2) is 0 Å². The summed E-state index contributed by atoms with van der Waals surface area (Å²) in [5.74, 6) is -0.783. The maximum Gasteiger partial charge on any atom is 0.317 e. The van der Waals surface area contributed by atoms with Crippen molar-refractivity contribution in [3.05, 3.63) is 0 Å². The van der Waals surface area contributed by atoms with Gasteiger partial charge in [-0.2, -0.15) is 0 Å². The zero-order valence-corrected chi connectivity index (χ0v) is 9.60. The zero-order valence-electron chi connectivity index (χ0n) is 9.60. The summed E-state index contributed by atoms with van der Waals surface area (Å²) in [6.07, 6.45) is 4.57. The summed E-state index contributed by atoms with van der Waals surface area (Å²) in [6, 6.07) is 0.397. The highest BCUT2D eigenvalue weighted by Gasteiger charge is 2.23. The number of nitrogens with zero attached hydrogens (tertiary/aromatic N) is 1. The summed E-state index contributed by atoms with van der Waals surface area (Å²) in [5, 5.41) is 17.4. The third-order valence-electron chi connectivity index (χ3n) is 2.94. The summed E-state index contributed by atoms with van der Waals surface area (Å²) in [6.45, 7) is 1.56. The molecule has 1 aliphatic carbocycles. The maximum atomic E-state index is 10.7. The molecule has 5 nitrogen and oxygen atoms in total. The van der Waals surface area contributed by atoms with Gasteiger partial charge in [-0.3, -0.25) is 9.69 Å². The third kappa shape index (κ3) is 4.92. The van der Waals surface area contributed by atoms with Gasteiger partial charge < -0.3 is 14.9 Å². The van der Waals surface area contributed by atoms with Gasteiger partial charge in [0.05, 0.1) is 26.4 Å². The van der Waals surface area contributed by atoms with E-state index in [2.05, 4.69) is 0 Å². The number of aliphatic carboxylic acids is 1. The number of ether oxygens (including phenoxy) is 1. The number of aliphatic hydroxyl groups is 1. The van der Waals surface area contributed by atoms with E-state index >= 15 is 0 Å². The highest BCUT2D eigenvalue weighted by Crippen LogP contribution is 2.22. The smallest absolute Gasteiger partial charge is 0.317 e. The summed E-state index contributed by atoms with van der Waals surface area (Å²) >= 11 is 0. The van der Waals surface area contributed by atoms with Gasteiger partial charge in [-0.05, 0) is 12.8 Å². The van der Waals surface area contributed by atoms with E-state index in [9.17, 15) is 4.79 Å². The average molecular weight is 231 g/mol. The Bertz CT molecular complexity index is 204. The van der Waals surface area contributed by atoms with Crippen LogP contribution in [0.5, 0.6) is 0 Å². The molecule has 0 aromatic carbocycles. The number of carboxylic acids is 1. The molecule has 0 heterocycles. The van der Waals surface area contributed by atoms with Gasteiger partial charge in [-0.15, -0.1) is 0 Å². The number of rotatable bonds is 8. The van der Waals surface area contributed by atoms with Gasteiger partial charge in [0.15, 0.2) is 0 Å². The lowest BCUT2D eigenvalue weighted by atomic mass is 10.2. The molecule has 0 aromatic heterocycles. The van der Waals surface area contributed by atoms with Crippen molar-refractivity contribution in [1.82, 2.24) is 4.90 Å². The molecule has 0 bridgehead atoms. The lowest BCUT2D eigenvalue weighted by Gasteiger charge is -2.26. The predicted molar refractivity (Wildman–Crippen MR) is 59.4 cm³/mol. The molecule has 2 N–H and O–H groups in total. The van der Waals surface area contributed by atoms with Gasteiger partial charge in [0.25, 0.3) is 0 Å². The third-order valence-corrected chi connectivity index (χ3v) is 2.94. The fourth-order valence-corrected chi connectivity index (χ4v) is 2.18. The first-order chi connectivity index (χ1) is 7.74. The molecule has 16 heavy (non-hydrogen) atoms. The highest BCUT2D eigenvalue weighted by atomic mass is 16.5. The van der Waals surface area contributed by atoms with E-state index in [1.807, 2.05) is 4.90 Å². The Morgan fingerprint density at radius 2 is 2.00 bits per heavy atom. The summed E-state index contributed by atoms with van der Waals surface area (Å²) < 4.78 is 5.17. The first-order valence-electron chi connectivity index (χ1n) is 5.88. The van der Waals surface area contributed by atoms with Crippen molar-refractivity contribution < 1.29 is 19.7 Å². The van der Waals surface area contributed by atoms with Crippen LogP contribution in [0.15, 0.2) is 0 Å². The van der Waals surface area contributed by atoms with Crippen molar-refractivity contribution in [3.63, 3.8) is 0 Å². The SMILES string of the molecule is O=C(O)CN(CCOCCO)C1CCCC1. The molecule has 0 aromatic rings. The minimum Gasteiger partial charge on any atom is -0.480 e. The van der Waals surface area contributed by atoms with Crippen LogP contribution in [0, 0.1) is 0 Å². The second-order valence-corrected chi connectivity index (χ2v) is 4.14. The van der Waals surface area contributed by atoms with Crippen LogP contribution in [0.25, 0.3) is 0 Å². The van der Waals surface area contributed by atoms with E-state index in [0.717, 1.165) is 12.8 Å². The van der Waals surface area contributed by atoms with Crippen LogP contribution in [0.4, 0.5) is 0 Å². The lowest BCUT2D eigenvalue weighted by molar-refractivity contribution is -0.139. The number of hydrogen-bond acceptors (Lipinski definition) is 4. The highest BCUT2D eigenvalue weighted by molar-refractivity contribution is 5.69. The Hall–Kier alpha value is -0.650. The lowest BCUT2D eigenvalue weighted by Crippen LogP contribution is -2.39. The van der Waals surface area contributed by atoms with Crippen molar-refractivity contribution in [2.75, 3.05) is 32.9 Å². The fraction of sp³-hybridized carbons (Fsp3) is 0.909. The first kappa shape index (κ1) is 13.4. The zero-order chi connectivity index (χ0) is 11.8. The van der Waals surface area contributed by atoms with Crippen LogP contribution >= 0.6 is 0 Å². The van der Waals surface area contributed by atoms with Gasteiger partial charge in [0.2, 0.25) is 0 Å². The molecule has 0 unspecified atom stereocenters. The summed E-state index contributed by atoms with van der Waals surface area (Å²) in [5.41, 5.74) is 0. The summed E-state index contributed by atoms with van der Waals surface area (Å²) in [7, 11) is 0. The van der Waals surface area contributed by atoms with Crippen LogP contribution in [-0.4, -0.2) is 60.0 Å². The Morgan fingerprint density at radius 1 is 1.31 bits per heavy atom. The minimum atomic E-state index is -0.783. The average Bonchev–Trinajstić information content (AvgIpc) is 2.75. The van der Waals surface area contributed by atoms with Crippen molar-refractivity contribution in [2.45, 2.75) is 31.7 Å². The number of aliphatic hydroxyl groups excluding tert-OH is 1. The molecule has 1 saturated carbocycles. The van der Waals surface area contributed by atoms with Crippen molar-refractivity contribution in [1.29, 1.82) is 0 Å². The molecule has 1 aliphatic rings. The van der Waals surface area contributed by atoms with Gasteiger partial charge in [-0.1, -0.05) is 12.8 Å². The normalized spacial score (nSPS) is 17.1. The van der Waals surface area contributed by atoms with E-state index in [0.29, 0.717) is 25.8 Å². The quantitative estimate of drug-likeness (QED) is 0.589. The topological polar surface area (TPSA) is 70.0 Å². The largest absolute Gasteiger partial charge is 0.480 e. The molecule has 0 saturated heterocycles. The Balaban J connectivity index is 2.28. The number of carboxylic acid groups (broad SMARTS) is 1. The van der Waals surface area contributed by atoms with Crippen molar-refractivity contribution in [2.24, 2.45) is 0 Å². The molecule has 0 spiro atoms. The van der Waals surface area contributed by atoms with E-state index in [4.69, 9.17) is 14.9 Å². The fourth-order valence-electron chi connectivity index (χ4n) is 2.18. The van der Waals surface area contributed by atoms with E-state index in [-0.39, 0.29) is 13.2 Å². The molecule has 0 amide bonds. The van der Waals surface area contributed by atoms with E-state index in [1.165, 1.54) is 12.8 Å². The molecular formula is C11H21NO4. The van der Waals surface area contributed by atoms with Crippen LogP contribution in [-0.2, 0) is 9.53 Å². The van der Waals surface area contributed by atoms with Crippen LogP contribution < -0.4 is 0 Å². The molecule has 5 heteroatoms. The first-order valence-corrected chi connectivity index (χ1v) is 5.88. The van der Waals surface area contributed by atoms with Gasteiger partial charge in [0.1, 0.15) is 0 Å². The van der Waals surface area contributed by atoms with Gasteiger partial charge in [0, 0.05) is 12.6 Å². The molecule has 1 fully saturated rings. The molecule has 0 radical (unpaired) electrons. The number of hydrogen-bond donors (Lipinski definition) is 2. The molecule has 0 aliphatic heterocycles. The number of carbonyl (C=O) groups is 1. The van der Waals surface area contributed by atoms with Crippen molar-refractivity contribution >= 4 is 5.97 Å². The molecular weight excluding hydrogens is 210 g/mol. The minimum absolute atomic E-state index is 0.0162. The maximum absolute atomic E-state index is 10.7. The molecule has 0 atom stereocenters. The van der Waals surface area contributed by atoms with Crippen molar-refractivity contribution in [3.8, 4) is 0 Å². The Morgan fingerprint density at radius 3 is 2.56 bits per heavy atom. The van der Waals surface area contributed by atoms with Crippen LogP contribution in [0.1, 0.15) is 25.7 Å².